The first-order valence-electron chi connectivity index (χ1n) is 6.54. The lowest BCUT2D eigenvalue weighted by Gasteiger charge is -2.62. The van der Waals surface area contributed by atoms with Gasteiger partial charge in [-0.3, -0.25) is 0 Å². The number of hydrogen-bond donors (Lipinski definition) is 2. The normalized spacial score (nSPS) is 30.2. The van der Waals surface area contributed by atoms with Gasteiger partial charge in [0.15, 0.2) is 0 Å². The maximum Gasteiger partial charge on any atom is 0.279 e. The molecule has 0 aromatic carbocycles. The number of hydrogen-bond acceptors (Lipinski definition) is 3. The van der Waals surface area contributed by atoms with Crippen molar-refractivity contribution in [3.63, 3.8) is 0 Å². The Morgan fingerprint density at radius 1 is 1.11 bits per heavy atom. The molecule has 18 heavy (non-hydrogen) atoms. The molecule has 1 saturated carbocycles. The molecule has 0 aromatic rings. The molecule has 108 valence electrons. The fourth-order valence-electron chi connectivity index (χ4n) is 3.27. The van der Waals surface area contributed by atoms with E-state index in [-0.39, 0.29) is 22.9 Å². The van der Waals surface area contributed by atoms with Crippen LogP contribution in [0.4, 0.5) is 0 Å². The van der Waals surface area contributed by atoms with Crippen molar-refractivity contribution in [2.45, 2.75) is 53.6 Å². The zero-order valence-corrected chi connectivity index (χ0v) is 13.1. The van der Waals surface area contributed by atoms with Crippen LogP contribution in [0, 0.1) is 10.8 Å². The van der Waals surface area contributed by atoms with Crippen LogP contribution < -0.4 is 10.5 Å². The van der Waals surface area contributed by atoms with Crippen LogP contribution in [-0.2, 0) is 10.2 Å². The van der Waals surface area contributed by atoms with E-state index in [1.165, 1.54) is 4.31 Å². The fraction of sp³-hybridized carbons (Fsp3) is 1.00. The van der Waals surface area contributed by atoms with Crippen LogP contribution in [0.5, 0.6) is 0 Å². The molecule has 1 aliphatic carbocycles. The van der Waals surface area contributed by atoms with Gasteiger partial charge in [-0.25, -0.2) is 0 Å². The van der Waals surface area contributed by atoms with Gasteiger partial charge in [0.1, 0.15) is 0 Å². The van der Waals surface area contributed by atoms with Gasteiger partial charge in [0.2, 0.25) is 0 Å². The summed E-state index contributed by atoms with van der Waals surface area (Å²) < 4.78 is 28.8. The van der Waals surface area contributed by atoms with Gasteiger partial charge in [-0.15, -0.1) is 0 Å². The summed E-state index contributed by atoms with van der Waals surface area (Å²) in [4.78, 5) is 0. The molecule has 0 radical (unpaired) electrons. The highest BCUT2D eigenvalue weighted by molar-refractivity contribution is 7.87. The highest BCUT2D eigenvalue weighted by atomic mass is 32.2. The third-order valence-corrected chi connectivity index (χ3v) is 6.13. The van der Waals surface area contributed by atoms with Crippen molar-refractivity contribution in [3.8, 4) is 0 Å². The Bertz CT molecular complexity index is 384. The predicted octanol–water partition coefficient (Wildman–Crippen LogP) is 0.925. The standard InChI is InChI=1S/C12H27N3O2S/c1-7-15(8-2)18(16,17)14-10-11(3,4)9(13)12(10,5)6/h9-10,14H,7-8,13H2,1-6H3. The molecule has 6 heteroatoms. The molecule has 0 unspecified atom stereocenters. The minimum absolute atomic E-state index is 0.00518. The van der Waals surface area contributed by atoms with Gasteiger partial charge in [0, 0.05) is 25.2 Å². The van der Waals surface area contributed by atoms with E-state index in [0.717, 1.165) is 0 Å². The second-order valence-electron chi connectivity index (χ2n) is 6.26. The average Bonchev–Trinajstić information content (AvgIpc) is 2.26. The molecular formula is C12H27N3O2S. The topological polar surface area (TPSA) is 75.4 Å². The van der Waals surface area contributed by atoms with E-state index in [9.17, 15) is 8.42 Å². The maximum absolute atomic E-state index is 12.3. The van der Waals surface area contributed by atoms with Crippen molar-refractivity contribution in [3.05, 3.63) is 0 Å². The smallest absolute Gasteiger partial charge is 0.279 e. The van der Waals surface area contributed by atoms with Crippen LogP contribution in [0.15, 0.2) is 0 Å². The third-order valence-electron chi connectivity index (χ3n) is 4.40. The molecule has 5 nitrogen and oxygen atoms in total. The molecule has 1 fully saturated rings. The van der Waals surface area contributed by atoms with E-state index in [2.05, 4.69) is 4.72 Å². The second kappa shape index (κ2) is 4.74. The first-order valence-corrected chi connectivity index (χ1v) is 7.98. The summed E-state index contributed by atoms with van der Waals surface area (Å²) in [7, 11) is -3.42. The van der Waals surface area contributed by atoms with Crippen LogP contribution in [0.2, 0.25) is 0 Å². The Kier molecular flexibility index (Phi) is 4.18. The van der Waals surface area contributed by atoms with Gasteiger partial charge in [0.05, 0.1) is 0 Å². The largest absolute Gasteiger partial charge is 0.327 e. The van der Waals surface area contributed by atoms with Crippen LogP contribution in [0.1, 0.15) is 41.5 Å². The molecule has 1 aliphatic rings. The quantitative estimate of drug-likeness (QED) is 0.785. The zero-order chi connectivity index (χ0) is 14.4. The lowest BCUT2D eigenvalue weighted by molar-refractivity contribution is -0.0600. The summed E-state index contributed by atoms with van der Waals surface area (Å²) >= 11 is 0. The lowest BCUT2D eigenvalue weighted by Crippen LogP contribution is -2.76. The highest BCUT2D eigenvalue weighted by Gasteiger charge is 2.61. The molecule has 0 heterocycles. The van der Waals surface area contributed by atoms with Crippen LogP contribution in [0.3, 0.4) is 0 Å². The highest BCUT2D eigenvalue weighted by Crippen LogP contribution is 2.52. The monoisotopic (exact) mass is 277 g/mol. The molecule has 0 spiro atoms. The third kappa shape index (κ3) is 2.31. The minimum Gasteiger partial charge on any atom is -0.327 e. The Morgan fingerprint density at radius 3 is 1.83 bits per heavy atom. The van der Waals surface area contributed by atoms with Gasteiger partial charge in [-0.2, -0.15) is 17.4 Å². The molecule has 3 N–H and O–H groups in total. The van der Waals surface area contributed by atoms with Crippen molar-refractivity contribution in [2.24, 2.45) is 16.6 Å². The zero-order valence-electron chi connectivity index (χ0n) is 12.3. The molecule has 1 rings (SSSR count). The Balaban J connectivity index is 2.92. The molecule has 0 bridgehead atoms. The van der Waals surface area contributed by atoms with E-state index >= 15 is 0 Å². The second-order valence-corrected chi connectivity index (χ2v) is 7.96. The van der Waals surface area contributed by atoms with Gasteiger partial charge in [-0.05, 0) is 10.8 Å². The number of nitrogens with one attached hydrogen (secondary N) is 1. The van der Waals surface area contributed by atoms with E-state index in [0.29, 0.717) is 13.1 Å². The number of rotatable bonds is 5. The lowest BCUT2D eigenvalue weighted by atomic mass is 9.49. The summed E-state index contributed by atoms with van der Waals surface area (Å²) in [5.41, 5.74) is 5.70. The number of nitrogens with two attached hydrogens (primary N) is 1. The van der Waals surface area contributed by atoms with E-state index in [4.69, 9.17) is 5.73 Å². The minimum atomic E-state index is -3.42. The van der Waals surface area contributed by atoms with Crippen LogP contribution >= 0.6 is 0 Å². The summed E-state index contributed by atoms with van der Waals surface area (Å²) in [6.45, 7) is 12.7. The first kappa shape index (κ1) is 15.9. The van der Waals surface area contributed by atoms with E-state index in [1.807, 2.05) is 41.5 Å². The van der Waals surface area contributed by atoms with Gasteiger partial charge in [0.25, 0.3) is 10.2 Å². The van der Waals surface area contributed by atoms with Gasteiger partial charge >= 0.3 is 0 Å². The summed E-state index contributed by atoms with van der Waals surface area (Å²) in [5, 5.41) is 0. The molecule has 0 aromatic heterocycles. The summed E-state index contributed by atoms with van der Waals surface area (Å²) in [5.74, 6) is 0. The summed E-state index contributed by atoms with van der Waals surface area (Å²) in [6, 6.07) is -0.139. The maximum atomic E-state index is 12.3. The van der Waals surface area contributed by atoms with Crippen molar-refractivity contribution >= 4 is 10.2 Å². The molecular weight excluding hydrogens is 250 g/mol. The fourth-order valence-corrected chi connectivity index (χ4v) is 5.01. The Morgan fingerprint density at radius 2 is 1.50 bits per heavy atom. The molecule has 0 atom stereocenters. The Hall–Kier alpha value is -0.170. The first-order chi connectivity index (χ1) is 8.01. The van der Waals surface area contributed by atoms with Gasteiger partial charge < -0.3 is 5.73 Å². The average molecular weight is 277 g/mol. The van der Waals surface area contributed by atoms with Crippen molar-refractivity contribution in [1.82, 2.24) is 9.03 Å². The SMILES string of the molecule is CCN(CC)S(=O)(=O)NC1C(C)(C)C(N)C1(C)C. The molecule has 0 amide bonds. The molecule has 0 saturated heterocycles. The Labute approximate surface area is 111 Å². The van der Waals surface area contributed by atoms with E-state index in [1.54, 1.807) is 0 Å². The van der Waals surface area contributed by atoms with Gasteiger partial charge in [-0.1, -0.05) is 41.5 Å². The summed E-state index contributed by atoms with van der Waals surface area (Å²) in [6.07, 6.45) is 0. The molecule has 0 aliphatic heterocycles. The van der Waals surface area contributed by atoms with Crippen molar-refractivity contribution in [2.75, 3.05) is 13.1 Å². The van der Waals surface area contributed by atoms with Crippen LogP contribution in [0.25, 0.3) is 0 Å². The van der Waals surface area contributed by atoms with E-state index < -0.39 is 10.2 Å². The predicted molar refractivity (Wildman–Crippen MR) is 74.3 cm³/mol. The van der Waals surface area contributed by atoms with Crippen LogP contribution in [-0.4, -0.2) is 37.9 Å². The van der Waals surface area contributed by atoms with Crippen molar-refractivity contribution < 1.29 is 8.42 Å². The number of nitrogens with zero attached hydrogens (tertiary/aromatic N) is 1. The van der Waals surface area contributed by atoms with Crippen molar-refractivity contribution in [1.29, 1.82) is 0 Å².